The number of benzene rings is 1. The van der Waals surface area contributed by atoms with E-state index in [1.807, 2.05) is 12.1 Å². The molecule has 1 rings (SSSR count). The Bertz CT molecular complexity index is 586. The van der Waals surface area contributed by atoms with Gasteiger partial charge in [0.1, 0.15) is 22.5 Å². The smallest absolute Gasteiger partial charge is 0.748 e. The summed E-state index contributed by atoms with van der Waals surface area (Å²) in [5.41, 5.74) is 2.48. The maximum atomic E-state index is 11.1. The van der Waals surface area contributed by atoms with Gasteiger partial charge in [0.2, 0.25) is 0 Å². The van der Waals surface area contributed by atoms with Gasteiger partial charge < -0.3 is 9.29 Å². The molecule has 0 spiro atoms. The molecule has 27 heavy (non-hydrogen) atoms. The number of hydrogen-bond donors (Lipinski definition) is 0. The molecule has 0 N–H and O–H groups in total. The van der Waals surface area contributed by atoms with Crippen LogP contribution >= 0.6 is 0 Å². The Morgan fingerprint density at radius 2 is 1.37 bits per heavy atom. The van der Waals surface area contributed by atoms with E-state index in [4.69, 9.17) is 4.74 Å². The van der Waals surface area contributed by atoms with Gasteiger partial charge in [-0.25, -0.2) is 8.42 Å². The van der Waals surface area contributed by atoms with Crippen molar-refractivity contribution in [2.24, 2.45) is 0 Å². The van der Waals surface area contributed by atoms with E-state index in [0.29, 0.717) is 5.75 Å². The van der Waals surface area contributed by atoms with Crippen LogP contribution in [0.15, 0.2) is 18.2 Å². The number of hydrogen-bond acceptors (Lipinski definition) is 4. The van der Waals surface area contributed by atoms with Gasteiger partial charge in [0.15, 0.2) is 0 Å². The van der Waals surface area contributed by atoms with Gasteiger partial charge in [0, 0.05) is 0 Å². The molecule has 0 bridgehead atoms. The van der Waals surface area contributed by atoms with E-state index in [1.165, 1.54) is 56.6 Å². The predicted molar refractivity (Wildman–Crippen MR) is 107 cm³/mol. The second-order valence-corrected chi connectivity index (χ2v) is 9.01. The topological polar surface area (TPSA) is 66.4 Å². The maximum absolute atomic E-state index is 11.1. The molecule has 0 saturated heterocycles. The Morgan fingerprint density at radius 3 is 1.78 bits per heavy atom. The summed E-state index contributed by atoms with van der Waals surface area (Å²) >= 11 is 0. The Morgan fingerprint density at radius 1 is 0.889 bits per heavy atom. The minimum atomic E-state index is -4.31. The van der Waals surface area contributed by atoms with Gasteiger partial charge in [0.05, 0.1) is 5.25 Å². The molecule has 1 atom stereocenters. The average Bonchev–Trinajstić information content (AvgIpc) is 2.59. The van der Waals surface area contributed by atoms with Crippen molar-refractivity contribution < 1.29 is 47.3 Å². The quantitative estimate of drug-likeness (QED) is 0.270. The zero-order valence-electron chi connectivity index (χ0n) is 17.6. The Kier molecular flexibility index (Phi) is 14.8. The van der Waals surface area contributed by atoms with Crippen molar-refractivity contribution in [1.29, 1.82) is 0 Å². The fraction of sp³-hybridized carbons (Fsp3) is 0.714. The molecule has 1 unspecified atom stereocenters. The van der Waals surface area contributed by atoms with Crippen molar-refractivity contribution in [3.63, 3.8) is 0 Å². The van der Waals surface area contributed by atoms with Gasteiger partial charge in [-0.3, -0.25) is 0 Å². The standard InChI is InChI=1S/C21H36O4S.Na/c1-4-6-8-10-12-19-14-20(13-11-9-7-5-2)16-21(15-19)25-17-18(3)26(22,23)24;/h14-16,18H,4-13,17H2,1-3H3,(H,22,23,24);/q;+1/p-1. The second-order valence-electron chi connectivity index (χ2n) is 7.22. The number of unbranched alkanes of at least 4 members (excludes halogenated alkanes) is 6. The molecule has 0 heterocycles. The van der Waals surface area contributed by atoms with Crippen LogP contribution in [0.25, 0.3) is 0 Å². The van der Waals surface area contributed by atoms with Crippen LogP contribution in [0.2, 0.25) is 0 Å². The molecule has 1 aromatic rings. The van der Waals surface area contributed by atoms with E-state index < -0.39 is 15.4 Å². The van der Waals surface area contributed by atoms with Crippen molar-refractivity contribution in [3.05, 3.63) is 29.3 Å². The average molecular weight is 407 g/mol. The van der Waals surface area contributed by atoms with Crippen molar-refractivity contribution in [3.8, 4) is 5.75 Å². The van der Waals surface area contributed by atoms with Crippen LogP contribution in [0.1, 0.15) is 83.3 Å². The van der Waals surface area contributed by atoms with E-state index in [0.717, 1.165) is 25.7 Å². The minimum absolute atomic E-state index is 0. The molecule has 0 fully saturated rings. The largest absolute Gasteiger partial charge is 1.00 e. The first-order chi connectivity index (χ1) is 12.4. The summed E-state index contributed by atoms with van der Waals surface area (Å²) in [5.74, 6) is 0.680. The summed E-state index contributed by atoms with van der Waals surface area (Å²) in [6, 6.07) is 6.23. The number of rotatable bonds is 14. The molecule has 0 aromatic heterocycles. The van der Waals surface area contributed by atoms with E-state index >= 15 is 0 Å². The summed E-state index contributed by atoms with van der Waals surface area (Å²) in [6.07, 6.45) is 11.7. The summed E-state index contributed by atoms with van der Waals surface area (Å²) in [6.45, 7) is 5.70. The Hall–Kier alpha value is -0.0700. The molecule has 0 radical (unpaired) electrons. The van der Waals surface area contributed by atoms with Gasteiger partial charge >= 0.3 is 29.6 Å². The van der Waals surface area contributed by atoms with Crippen molar-refractivity contribution in [2.45, 2.75) is 90.2 Å². The first-order valence-corrected chi connectivity index (χ1v) is 11.5. The summed E-state index contributed by atoms with van der Waals surface area (Å²) in [7, 11) is -4.31. The Labute approximate surface area is 188 Å². The van der Waals surface area contributed by atoms with Crippen LogP contribution < -0.4 is 34.3 Å². The molecular weight excluding hydrogens is 371 g/mol. The van der Waals surface area contributed by atoms with Crippen LogP contribution in [0, 0.1) is 0 Å². The van der Waals surface area contributed by atoms with Crippen molar-refractivity contribution in [1.82, 2.24) is 0 Å². The SMILES string of the molecule is CCCCCCc1cc(CCCCCC)cc(OCC(C)S(=O)(=O)[O-])c1.[Na+]. The monoisotopic (exact) mass is 406 g/mol. The fourth-order valence-electron chi connectivity index (χ4n) is 2.91. The van der Waals surface area contributed by atoms with Gasteiger partial charge in [0.25, 0.3) is 0 Å². The second kappa shape index (κ2) is 14.9. The molecular formula is C21H35NaO4S. The maximum Gasteiger partial charge on any atom is 1.00 e. The van der Waals surface area contributed by atoms with Crippen LogP contribution in [-0.4, -0.2) is 24.8 Å². The normalized spacial score (nSPS) is 12.4. The summed E-state index contributed by atoms with van der Waals surface area (Å²) in [5, 5.41) is -1.04. The van der Waals surface area contributed by atoms with Crippen LogP contribution in [0.3, 0.4) is 0 Å². The zero-order valence-corrected chi connectivity index (χ0v) is 20.4. The molecule has 0 saturated carbocycles. The summed E-state index contributed by atoms with van der Waals surface area (Å²) < 4.78 is 38.8. The van der Waals surface area contributed by atoms with Gasteiger partial charge in [-0.2, -0.15) is 0 Å². The van der Waals surface area contributed by atoms with Crippen molar-refractivity contribution >= 4 is 10.1 Å². The third-order valence-electron chi connectivity index (χ3n) is 4.64. The van der Waals surface area contributed by atoms with Crippen LogP contribution in [0.4, 0.5) is 0 Å². The van der Waals surface area contributed by atoms with E-state index in [-0.39, 0.29) is 36.2 Å². The van der Waals surface area contributed by atoms with Gasteiger partial charge in [-0.1, -0.05) is 58.4 Å². The number of ether oxygens (including phenoxy) is 1. The van der Waals surface area contributed by atoms with E-state index in [1.54, 1.807) is 0 Å². The molecule has 4 nitrogen and oxygen atoms in total. The third-order valence-corrected chi connectivity index (χ3v) is 5.76. The molecule has 0 aliphatic carbocycles. The minimum Gasteiger partial charge on any atom is -0.748 e. The number of aryl methyl sites for hydroxylation is 2. The zero-order chi connectivity index (χ0) is 19.4. The molecule has 0 amide bonds. The van der Waals surface area contributed by atoms with Gasteiger partial charge in [-0.15, -0.1) is 0 Å². The fourth-order valence-corrected chi connectivity index (χ4v) is 3.14. The Balaban J connectivity index is 0.00000676. The summed E-state index contributed by atoms with van der Waals surface area (Å²) in [4.78, 5) is 0. The van der Waals surface area contributed by atoms with Gasteiger partial charge in [-0.05, 0) is 55.9 Å². The first kappa shape index (κ1) is 26.9. The predicted octanol–water partition coefficient (Wildman–Crippen LogP) is 2.25. The first-order valence-electron chi connectivity index (χ1n) is 10.1. The van der Waals surface area contributed by atoms with Crippen molar-refractivity contribution in [2.75, 3.05) is 6.61 Å². The van der Waals surface area contributed by atoms with Crippen LogP contribution in [-0.2, 0) is 23.0 Å². The molecule has 6 heteroatoms. The molecule has 0 aliphatic rings. The molecule has 0 aliphatic heterocycles. The van der Waals surface area contributed by atoms with E-state index in [2.05, 4.69) is 19.9 Å². The molecule has 1 aromatic carbocycles. The molecule has 150 valence electrons. The van der Waals surface area contributed by atoms with E-state index in [9.17, 15) is 13.0 Å². The van der Waals surface area contributed by atoms with Crippen LogP contribution in [0.5, 0.6) is 5.75 Å². The third kappa shape index (κ3) is 12.2.